The Bertz CT molecular complexity index is 1040. The molecule has 0 amide bonds. The molecule has 0 spiro atoms. The highest BCUT2D eigenvalue weighted by molar-refractivity contribution is 5.99. The van der Waals surface area contributed by atoms with Gasteiger partial charge in [-0.3, -0.25) is 5.43 Å². The summed E-state index contributed by atoms with van der Waals surface area (Å²) in [6, 6.07) is 18.6. The van der Waals surface area contributed by atoms with E-state index in [2.05, 4.69) is 69.8 Å². The quantitative estimate of drug-likeness (QED) is 0.506. The summed E-state index contributed by atoms with van der Waals surface area (Å²) in [4.78, 5) is 11.6. The number of nitrogens with zero attached hydrogens (tertiary/aromatic N) is 4. The van der Waals surface area contributed by atoms with E-state index in [-0.39, 0.29) is 0 Å². The number of morpholine rings is 1. The van der Waals surface area contributed by atoms with Crippen molar-refractivity contribution in [2.45, 2.75) is 20.8 Å². The van der Waals surface area contributed by atoms with E-state index in [0.717, 1.165) is 48.8 Å². The van der Waals surface area contributed by atoms with Crippen molar-refractivity contribution in [3.63, 3.8) is 0 Å². The van der Waals surface area contributed by atoms with Crippen molar-refractivity contribution < 1.29 is 4.74 Å². The minimum atomic E-state index is 0.681. The van der Waals surface area contributed by atoms with Gasteiger partial charge < -0.3 is 9.64 Å². The van der Waals surface area contributed by atoms with Crippen LogP contribution in [0.25, 0.3) is 11.3 Å². The zero-order valence-corrected chi connectivity index (χ0v) is 17.7. The van der Waals surface area contributed by atoms with E-state index < -0.39 is 0 Å². The second kappa shape index (κ2) is 9.05. The first kappa shape index (κ1) is 20.0. The van der Waals surface area contributed by atoms with Gasteiger partial charge in [-0.05, 0) is 32.4 Å². The van der Waals surface area contributed by atoms with E-state index in [1.165, 1.54) is 11.3 Å². The monoisotopic (exact) mass is 401 g/mol. The number of para-hydroxylation sites is 1. The molecule has 0 saturated carbocycles. The lowest BCUT2D eigenvalue weighted by molar-refractivity contribution is 0.123. The lowest BCUT2D eigenvalue weighted by Gasteiger charge is -2.30. The topological polar surface area (TPSA) is 62.6 Å². The third-order valence-corrected chi connectivity index (χ3v) is 5.18. The smallest absolute Gasteiger partial charge is 0.150 e. The molecule has 154 valence electrons. The lowest BCUT2D eigenvalue weighted by Crippen LogP contribution is -2.36. The van der Waals surface area contributed by atoms with Gasteiger partial charge in [-0.15, -0.1) is 0 Å². The second-order valence-corrected chi connectivity index (χ2v) is 7.48. The first-order chi connectivity index (χ1) is 14.6. The third-order valence-electron chi connectivity index (χ3n) is 5.18. The van der Waals surface area contributed by atoms with Crippen LogP contribution in [0.15, 0.2) is 59.7 Å². The Morgan fingerprint density at radius 1 is 1.00 bits per heavy atom. The van der Waals surface area contributed by atoms with Gasteiger partial charge in [0.1, 0.15) is 5.82 Å². The Kier molecular flexibility index (Phi) is 6.05. The van der Waals surface area contributed by atoms with Gasteiger partial charge in [0, 0.05) is 30.4 Å². The van der Waals surface area contributed by atoms with Crippen molar-refractivity contribution in [1.29, 1.82) is 0 Å². The molecule has 0 unspecified atom stereocenters. The van der Waals surface area contributed by atoms with Crippen LogP contribution in [0.5, 0.6) is 0 Å². The number of anilines is 2. The van der Waals surface area contributed by atoms with E-state index in [9.17, 15) is 0 Å². The van der Waals surface area contributed by atoms with Crippen LogP contribution in [-0.2, 0) is 4.74 Å². The first-order valence-corrected chi connectivity index (χ1v) is 10.3. The number of nitrogens with one attached hydrogen (secondary N) is 1. The van der Waals surface area contributed by atoms with Crippen LogP contribution in [0.2, 0.25) is 0 Å². The number of hydrogen-bond acceptors (Lipinski definition) is 6. The second-order valence-electron chi connectivity index (χ2n) is 7.48. The van der Waals surface area contributed by atoms with Crippen LogP contribution in [0.4, 0.5) is 11.5 Å². The van der Waals surface area contributed by atoms with Gasteiger partial charge >= 0.3 is 0 Å². The van der Waals surface area contributed by atoms with E-state index in [4.69, 9.17) is 9.72 Å². The Hall–Kier alpha value is -3.25. The van der Waals surface area contributed by atoms with Gasteiger partial charge in [0.15, 0.2) is 5.82 Å². The van der Waals surface area contributed by atoms with Crippen LogP contribution in [0.3, 0.4) is 0 Å². The zero-order chi connectivity index (χ0) is 20.9. The van der Waals surface area contributed by atoms with Crippen LogP contribution in [0.1, 0.15) is 23.9 Å². The fourth-order valence-electron chi connectivity index (χ4n) is 3.53. The Morgan fingerprint density at radius 2 is 1.73 bits per heavy atom. The number of hydrazone groups is 1. The van der Waals surface area contributed by atoms with Gasteiger partial charge in [0.25, 0.3) is 0 Å². The van der Waals surface area contributed by atoms with Crippen molar-refractivity contribution in [1.82, 2.24) is 9.97 Å². The SMILES string of the molecule is C/C(=N\Nc1cc(-c2ccccc2N2CCOCC2)nc(C)n1)c1ccc(C)cc1. The first-order valence-electron chi connectivity index (χ1n) is 10.3. The molecule has 4 rings (SSSR count). The zero-order valence-electron chi connectivity index (χ0n) is 17.7. The molecule has 1 fully saturated rings. The molecule has 1 saturated heterocycles. The molecule has 1 aliphatic rings. The molecule has 30 heavy (non-hydrogen) atoms. The molecule has 1 aliphatic heterocycles. The van der Waals surface area contributed by atoms with E-state index in [1.807, 2.05) is 26.0 Å². The molecule has 2 heterocycles. The Labute approximate surface area is 177 Å². The third kappa shape index (κ3) is 4.66. The summed E-state index contributed by atoms with van der Waals surface area (Å²) >= 11 is 0. The average molecular weight is 402 g/mol. The predicted molar refractivity (Wildman–Crippen MR) is 122 cm³/mol. The summed E-state index contributed by atoms with van der Waals surface area (Å²) in [6.45, 7) is 9.23. The van der Waals surface area contributed by atoms with Gasteiger partial charge in [-0.25, -0.2) is 9.97 Å². The largest absolute Gasteiger partial charge is 0.378 e. The molecule has 2 aromatic carbocycles. The van der Waals surface area contributed by atoms with Gasteiger partial charge in [0.05, 0.1) is 24.6 Å². The molecule has 3 aromatic rings. The van der Waals surface area contributed by atoms with E-state index >= 15 is 0 Å². The summed E-state index contributed by atoms with van der Waals surface area (Å²) in [5, 5.41) is 4.53. The standard InChI is InChI=1S/C24H27N5O/c1-17-8-10-20(11-9-17)18(2)27-28-24-16-22(25-19(3)26-24)21-6-4-5-7-23(21)29-12-14-30-15-13-29/h4-11,16H,12-15H2,1-3H3,(H,25,26,28)/b27-18+. The maximum atomic E-state index is 5.51. The van der Waals surface area contributed by atoms with Crippen LogP contribution < -0.4 is 10.3 Å². The van der Waals surface area contributed by atoms with Crippen molar-refractivity contribution >= 4 is 17.2 Å². The molecular weight excluding hydrogens is 374 g/mol. The number of benzene rings is 2. The average Bonchev–Trinajstić information content (AvgIpc) is 2.78. The molecule has 0 bridgehead atoms. The number of aryl methyl sites for hydroxylation is 2. The van der Waals surface area contributed by atoms with Gasteiger partial charge in [-0.1, -0.05) is 48.0 Å². The highest BCUT2D eigenvalue weighted by atomic mass is 16.5. The summed E-state index contributed by atoms with van der Waals surface area (Å²) in [7, 11) is 0. The maximum absolute atomic E-state index is 5.51. The minimum Gasteiger partial charge on any atom is -0.378 e. The number of ether oxygens (including phenoxy) is 1. The van der Waals surface area contributed by atoms with Crippen molar-refractivity contribution in [3.8, 4) is 11.3 Å². The summed E-state index contributed by atoms with van der Waals surface area (Å²) in [5.74, 6) is 1.38. The highest BCUT2D eigenvalue weighted by Crippen LogP contribution is 2.31. The number of aromatic nitrogens is 2. The number of hydrogen-bond donors (Lipinski definition) is 1. The van der Waals surface area contributed by atoms with E-state index in [0.29, 0.717) is 11.6 Å². The van der Waals surface area contributed by atoms with Crippen LogP contribution in [-0.4, -0.2) is 42.0 Å². The van der Waals surface area contributed by atoms with Crippen molar-refractivity contribution in [2.24, 2.45) is 5.10 Å². The van der Waals surface area contributed by atoms with E-state index in [1.54, 1.807) is 0 Å². The highest BCUT2D eigenvalue weighted by Gasteiger charge is 2.16. The van der Waals surface area contributed by atoms with Crippen molar-refractivity contribution in [3.05, 3.63) is 71.5 Å². The minimum absolute atomic E-state index is 0.681. The molecule has 1 N–H and O–H groups in total. The van der Waals surface area contributed by atoms with Crippen LogP contribution >= 0.6 is 0 Å². The van der Waals surface area contributed by atoms with Gasteiger partial charge in [-0.2, -0.15) is 5.10 Å². The fraction of sp³-hybridized carbons (Fsp3) is 0.292. The van der Waals surface area contributed by atoms with Crippen molar-refractivity contribution in [2.75, 3.05) is 36.6 Å². The summed E-state index contributed by atoms with van der Waals surface area (Å²) in [5.41, 5.74) is 9.47. The Balaban J connectivity index is 1.61. The molecule has 0 atom stereocenters. The predicted octanol–water partition coefficient (Wildman–Crippen LogP) is 4.43. The summed E-state index contributed by atoms with van der Waals surface area (Å²) in [6.07, 6.45) is 0. The lowest BCUT2D eigenvalue weighted by atomic mass is 10.1. The normalized spacial score (nSPS) is 14.6. The number of rotatable bonds is 5. The molecule has 1 aromatic heterocycles. The maximum Gasteiger partial charge on any atom is 0.150 e. The summed E-state index contributed by atoms with van der Waals surface area (Å²) < 4.78 is 5.51. The molecule has 6 heteroatoms. The Morgan fingerprint density at radius 3 is 2.50 bits per heavy atom. The molecular formula is C24H27N5O. The van der Waals surface area contributed by atoms with Crippen LogP contribution in [0, 0.1) is 13.8 Å². The fourth-order valence-corrected chi connectivity index (χ4v) is 3.53. The molecule has 0 aliphatic carbocycles. The molecule has 0 radical (unpaired) electrons. The van der Waals surface area contributed by atoms with Gasteiger partial charge in [0.2, 0.25) is 0 Å². The molecule has 6 nitrogen and oxygen atoms in total.